The first-order valence-electron chi connectivity index (χ1n) is 6.80. The number of ether oxygens (including phenoxy) is 2. The second kappa shape index (κ2) is 5.31. The van der Waals surface area contributed by atoms with Gasteiger partial charge in [-0.2, -0.15) is 4.98 Å². The monoisotopic (exact) mass is 310 g/mol. The SMILES string of the molecule is Clc1cccc(-c2nc(-c3ccccc3)nc3c2OCO3)c1. The number of benzene rings is 2. The zero-order valence-electron chi connectivity index (χ0n) is 11.5. The number of halogens is 1. The highest BCUT2D eigenvalue weighted by molar-refractivity contribution is 6.30. The van der Waals surface area contributed by atoms with E-state index in [2.05, 4.69) is 9.97 Å². The summed E-state index contributed by atoms with van der Waals surface area (Å²) in [5, 5.41) is 0.644. The van der Waals surface area contributed by atoms with Gasteiger partial charge in [0.2, 0.25) is 12.5 Å². The van der Waals surface area contributed by atoms with Crippen LogP contribution in [0.15, 0.2) is 54.6 Å². The van der Waals surface area contributed by atoms with Crippen LogP contribution in [0.2, 0.25) is 5.02 Å². The van der Waals surface area contributed by atoms with Crippen molar-refractivity contribution in [2.24, 2.45) is 0 Å². The van der Waals surface area contributed by atoms with E-state index < -0.39 is 0 Å². The summed E-state index contributed by atoms with van der Waals surface area (Å²) in [6.07, 6.45) is 0. The Bertz CT molecular complexity index is 837. The van der Waals surface area contributed by atoms with Crippen molar-refractivity contribution in [3.8, 4) is 34.3 Å². The van der Waals surface area contributed by atoms with Crippen LogP contribution in [0.3, 0.4) is 0 Å². The fourth-order valence-electron chi connectivity index (χ4n) is 2.35. The second-order valence-corrected chi connectivity index (χ2v) is 5.25. The maximum Gasteiger partial charge on any atom is 0.264 e. The fourth-order valence-corrected chi connectivity index (χ4v) is 2.54. The third-order valence-corrected chi connectivity index (χ3v) is 3.60. The minimum absolute atomic E-state index is 0.149. The average Bonchev–Trinajstić information content (AvgIpc) is 3.03. The van der Waals surface area contributed by atoms with Gasteiger partial charge in [0.25, 0.3) is 5.88 Å². The second-order valence-electron chi connectivity index (χ2n) is 4.81. The van der Waals surface area contributed by atoms with Crippen molar-refractivity contribution in [3.05, 3.63) is 59.6 Å². The topological polar surface area (TPSA) is 44.2 Å². The van der Waals surface area contributed by atoms with Crippen LogP contribution in [-0.4, -0.2) is 16.8 Å². The highest BCUT2D eigenvalue weighted by Crippen LogP contribution is 2.40. The molecular formula is C17H11ClN2O2. The number of nitrogens with zero attached hydrogens (tertiary/aromatic N) is 2. The molecule has 1 aliphatic rings. The highest BCUT2D eigenvalue weighted by atomic mass is 35.5. The molecular weight excluding hydrogens is 300 g/mol. The predicted octanol–water partition coefficient (Wildman–Crippen LogP) is 4.19. The smallest absolute Gasteiger partial charge is 0.264 e. The van der Waals surface area contributed by atoms with Gasteiger partial charge in [-0.25, -0.2) is 4.98 Å². The zero-order valence-corrected chi connectivity index (χ0v) is 12.2. The molecule has 3 aromatic rings. The van der Waals surface area contributed by atoms with E-state index in [9.17, 15) is 0 Å². The van der Waals surface area contributed by atoms with E-state index in [0.29, 0.717) is 28.2 Å². The van der Waals surface area contributed by atoms with Crippen LogP contribution in [0, 0.1) is 0 Å². The van der Waals surface area contributed by atoms with E-state index in [-0.39, 0.29) is 6.79 Å². The Kier molecular flexibility index (Phi) is 3.16. The number of aromatic nitrogens is 2. The number of hydrogen-bond donors (Lipinski definition) is 0. The van der Waals surface area contributed by atoms with Crippen molar-refractivity contribution >= 4 is 11.6 Å². The van der Waals surface area contributed by atoms with Gasteiger partial charge < -0.3 is 9.47 Å². The van der Waals surface area contributed by atoms with Crippen LogP contribution >= 0.6 is 11.6 Å². The predicted molar refractivity (Wildman–Crippen MR) is 84.0 cm³/mol. The van der Waals surface area contributed by atoms with Crippen molar-refractivity contribution < 1.29 is 9.47 Å². The van der Waals surface area contributed by atoms with Gasteiger partial charge in [-0.3, -0.25) is 0 Å². The van der Waals surface area contributed by atoms with Crippen molar-refractivity contribution in [3.63, 3.8) is 0 Å². The molecule has 4 nitrogen and oxygen atoms in total. The van der Waals surface area contributed by atoms with Gasteiger partial charge in [0.15, 0.2) is 5.82 Å². The van der Waals surface area contributed by atoms with Crippen LogP contribution in [0.4, 0.5) is 0 Å². The largest absolute Gasteiger partial charge is 0.449 e. The quantitative estimate of drug-likeness (QED) is 0.712. The molecule has 0 bridgehead atoms. The molecule has 2 aromatic carbocycles. The lowest BCUT2D eigenvalue weighted by atomic mass is 10.1. The Labute approximate surface area is 132 Å². The molecule has 0 saturated carbocycles. The Hall–Kier alpha value is -2.59. The highest BCUT2D eigenvalue weighted by Gasteiger charge is 2.24. The number of fused-ring (bicyclic) bond motifs is 1. The molecule has 22 heavy (non-hydrogen) atoms. The molecule has 0 atom stereocenters. The Morgan fingerprint density at radius 3 is 2.50 bits per heavy atom. The van der Waals surface area contributed by atoms with Crippen LogP contribution in [0.25, 0.3) is 22.6 Å². The van der Waals surface area contributed by atoms with Crippen molar-refractivity contribution in [1.29, 1.82) is 0 Å². The van der Waals surface area contributed by atoms with E-state index in [0.717, 1.165) is 11.1 Å². The minimum Gasteiger partial charge on any atom is -0.449 e. The summed E-state index contributed by atoms with van der Waals surface area (Å²) in [5.74, 6) is 1.62. The van der Waals surface area contributed by atoms with Crippen LogP contribution in [-0.2, 0) is 0 Å². The van der Waals surface area contributed by atoms with E-state index in [4.69, 9.17) is 21.1 Å². The normalized spacial score (nSPS) is 12.4. The summed E-state index contributed by atoms with van der Waals surface area (Å²) in [7, 11) is 0. The standard InChI is InChI=1S/C17H11ClN2O2/c18-13-8-4-7-12(9-13)14-15-17(22-10-21-15)20-16(19-14)11-5-2-1-3-6-11/h1-9H,10H2. The lowest BCUT2D eigenvalue weighted by molar-refractivity contribution is 0.171. The molecule has 1 aromatic heterocycles. The number of hydrogen-bond acceptors (Lipinski definition) is 4. The first-order chi connectivity index (χ1) is 10.8. The van der Waals surface area contributed by atoms with Crippen LogP contribution < -0.4 is 9.47 Å². The fraction of sp³-hybridized carbons (Fsp3) is 0.0588. The lowest BCUT2D eigenvalue weighted by Gasteiger charge is -2.08. The molecule has 0 saturated heterocycles. The van der Waals surface area contributed by atoms with Gasteiger partial charge in [0.05, 0.1) is 0 Å². The van der Waals surface area contributed by atoms with Gasteiger partial charge >= 0.3 is 0 Å². The Morgan fingerprint density at radius 1 is 0.864 bits per heavy atom. The first-order valence-corrected chi connectivity index (χ1v) is 7.18. The van der Waals surface area contributed by atoms with Gasteiger partial charge in [-0.1, -0.05) is 54.1 Å². The molecule has 0 aliphatic carbocycles. The molecule has 0 spiro atoms. The summed E-state index contributed by atoms with van der Waals surface area (Å²) in [6, 6.07) is 17.2. The maximum atomic E-state index is 6.09. The zero-order chi connectivity index (χ0) is 14.9. The van der Waals surface area contributed by atoms with E-state index in [1.165, 1.54) is 0 Å². The maximum absolute atomic E-state index is 6.09. The summed E-state index contributed by atoms with van der Waals surface area (Å²) < 4.78 is 11.0. The lowest BCUT2D eigenvalue weighted by Crippen LogP contribution is -1.94. The Morgan fingerprint density at radius 2 is 1.68 bits per heavy atom. The van der Waals surface area contributed by atoms with Gasteiger partial charge in [0, 0.05) is 16.1 Å². The van der Waals surface area contributed by atoms with Gasteiger partial charge in [0.1, 0.15) is 5.69 Å². The van der Waals surface area contributed by atoms with Gasteiger partial charge in [-0.15, -0.1) is 0 Å². The molecule has 0 radical (unpaired) electrons. The third kappa shape index (κ3) is 2.27. The van der Waals surface area contributed by atoms with Crippen molar-refractivity contribution in [2.45, 2.75) is 0 Å². The molecule has 108 valence electrons. The average molecular weight is 311 g/mol. The third-order valence-electron chi connectivity index (χ3n) is 3.36. The summed E-state index contributed by atoms with van der Waals surface area (Å²) in [6.45, 7) is 0.149. The minimum atomic E-state index is 0.149. The molecule has 0 amide bonds. The van der Waals surface area contributed by atoms with Crippen LogP contribution in [0.1, 0.15) is 0 Å². The summed E-state index contributed by atoms with van der Waals surface area (Å²) >= 11 is 6.09. The van der Waals surface area contributed by atoms with E-state index in [1.807, 2.05) is 54.6 Å². The summed E-state index contributed by atoms with van der Waals surface area (Å²) in [5.41, 5.74) is 2.47. The van der Waals surface area contributed by atoms with E-state index in [1.54, 1.807) is 0 Å². The molecule has 2 heterocycles. The molecule has 5 heteroatoms. The first kappa shape index (κ1) is 13.1. The Balaban J connectivity index is 1.92. The van der Waals surface area contributed by atoms with Gasteiger partial charge in [-0.05, 0) is 12.1 Å². The number of rotatable bonds is 2. The molecule has 0 N–H and O–H groups in total. The summed E-state index contributed by atoms with van der Waals surface area (Å²) in [4.78, 5) is 9.09. The van der Waals surface area contributed by atoms with Crippen molar-refractivity contribution in [2.75, 3.05) is 6.79 Å². The molecule has 1 aliphatic heterocycles. The molecule has 0 fully saturated rings. The van der Waals surface area contributed by atoms with E-state index >= 15 is 0 Å². The molecule has 4 rings (SSSR count). The van der Waals surface area contributed by atoms with Crippen LogP contribution in [0.5, 0.6) is 11.6 Å². The molecule has 0 unspecified atom stereocenters. The van der Waals surface area contributed by atoms with Crippen molar-refractivity contribution in [1.82, 2.24) is 9.97 Å².